The maximum absolute atomic E-state index is 12.1. The summed E-state index contributed by atoms with van der Waals surface area (Å²) in [6.45, 7) is 1.37. The van der Waals surface area contributed by atoms with E-state index in [0.29, 0.717) is 16.3 Å². The number of benzene rings is 2. The third-order valence-electron chi connectivity index (χ3n) is 3.08. The molecule has 0 saturated carbocycles. The molecular weight excluding hydrogens is 441 g/mol. The van der Waals surface area contributed by atoms with Gasteiger partial charge in [-0.3, -0.25) is 9.00 Å². The van der Waals surface area contributed by atoms with Crippen molar-refractivity contribution >= 4 is 51.0 Å². The first-order chi connectivity index (χ1) is 11.5. The smallest absolute Gasteiger partial charge is 0.339 e. The summed E-state index contributed by atoms with van der Waals surface area (Å²) in [5, 5.41) is 2.65. The zero-order valence-corrected chi connectivity index (χ0v) is 15.9. The van der Waals surface area contributed by atoms with Gasteiger partial charge in [-0.2, -0.15) is 0 Å². The van der Waals surface area contributed by atoms with Gasteiger partial charge in [0, 0.05) is 15.0 Å². The van der Waals surface area contributed by atoms with Crippen LogP contribution in [0.5, 0.6) is 0 Å². The van der Waals surface area contributed by atoms with Crippen LogP contribution >= 0.6 is 22.6 Å². The third-order valence-corrected chi connectivity index (χ3v) is 5.17. The van der Waals surface area contributed by atoms with Crippen molar-refractivity contribution in [3.8, 4) is 0 Å². The van der Waals surface area contributed by atoms with Crippen molar-refractivity contribution in [2.45, 2.75) is 11.8 Å². The van der Waals surface area contributed by atoms with Gasteiger partial charge in [-0.15, -0.1) is 0 Å². The summed E-state index contributed by atoms with van der Waals surface area (Å²) in [6, 6.07) is 13.8. The number of nitrogens with one attached hydrogen (secondary N) is 1. The van der Waals surface area contributed by atoms with Gasteiger partial charge in [0.2, 0.25) is 0 Å². The lowest BCUT2D eigenvalue weighted by Gasteiger charge is -2.09. The number of carbonyl (C=O) groups excluding carboxylic acids is 2. The molecule has 0 bridgehead atoms. The Bertz CT molecular complexity index is 761. The van der Waals surface area contributed by atoms with Gasteiger partial charge in [0.1, 0.15) is 0 Å². The SMILES string of the molecule is CCS(=O)c1ccccc1C(=O)OCC(=O)Nc1ccc(I)cc1. The molecule has 1 N–H and O–H groups in total. The first-order valence-corrected chi connectivity index (χ1v) is 9.61. The molecule has 2 rings (SSSR count). The molecule has 0 radical (unpaired) electrons. The fourth-order valence-corrected chi connectivity index (χ4v) is 3.23. The average Bonchev–Trinajstić information content (AvgIpc) is 2.61. The maximum Gasteiger partial charge on any atom is 0.339 e. The third kappa shape index (κ3) is 5.13. The Balaban J connectivity index is 1.97. The first kappa shape index (κ1) is 18.6. The Hall–Kier alpha value is -1.74. The minimum atomic E-state index is -1.27. The Morgan fingerprint density at radius 1 is 1.12 bits per heavy atom. The van der Waals surface area contributed by atoms with Gasteiger partial charge in [-0.25, -0.2) is 4.79 Å². The van der Waals surface area contributed by atoms with E-state index < -0.39 is 29.3 Å². The lowest BCUT2D eigenvalue weighted by molar-refractivity contribution is -0.119. The van der Waals surface area contributed by atoms with Crippen LogP contribution in [-0.2, 0) is 20.3 Å². The molecule has 0 spiro atoms. The number of hydrogen-bond donors (Lipinski definition) is 1. The van der Waals surface area contributed by atoms with E-state index in [1.54, 1.807) is 43.3 Å². The van der Waals surface area contributed by atoms with Crippen LogP contribution in [-0.4, -0.2) is 28.4 Å². The second-order valence-corrected chi connectivity index (χ2v) is 7.72. The van der Waals surface area contributed by atoms with Crippen LogP contribution < -0.4 is 5.32 Å². The van der Waals surface area contributed by atoms with Crippen LogP contribution in [0.1, 0.15) is 17.3 Å². The molecule has 7 heteroatoms. The molecule has 0 heterocycles. The first-order valence-electron chi connectivity index (χ1n) is 7.21. The predicted octanol–water partition coefficient (Wildman–Crippen LogP) is 3.21. The fraction of sp³-hybridized carbons (Fsp3) is 0.176. The lowest BCUT2D eigenvalue weighted by Crippen LogP contribution is -2.21. The molecular formula is C17H16INO4S. The number of ether oxygens (including phenoxy) is 1. The molecule has 0 fully saturated rings. The van der Waals surface area contributed by atoms with E-state index in [4.69, 9.17) is 4.74 Å². The molecule has 5 nitrogen and oxygen atoms in total. The Morgan fingerprint density at radius 2 is 1.79 bits per heavy atom. The minimum absolute atomic E-state index is 0.222. The van der Waals surface area contributed by atoms with Crippen molar-refractivity contribution in [1.82, 2.24) is 0 Å². The van der Waals surface area contributed by atoms with E-state index >= 15 is 0 Å². The van der Waals surface area contributed by atoms with Gasteiger partial charge in [0.15, 0.2) is 6.61 Å². The highest BCUT2D eigenvalue weighted by Crippen LogP contribution is 2.15. The monoisotopic (exact) mass is 457 g/mol. The van der Waals surface area contributed by atoms with Crippen molar-refractivity contribution in [2.24, 2.45) is 0 Å². The molecule has 126 valence electrons. The van der Waals surface area contributed by atoms with Crippen LogP contribution in [0, 0.1) is 3.57 Å². The molecule has 0 aromatic heterocycles. The normalized spacial score (nSPS) is 11.6. The van der Waals surface area contributed by atoms with Crippen LogP contribution in [0.2, 0.25) is 0 Å². The number of anilines is 1. The minimum Gasteiger partial charge on any atom is -0.452 e. The molecule has 1 unspecified atom stereocenters. The Morgan fingerprint density at radius 3 is 2.46 bits per heavy atom. The average molecular weight is 457 g/mol. The topological polar surface area (TPSA) is 72.5 Å². The summed E-state index contributed by atoms with van der Waals surface area (Å²) < 4.78 is 18.1. The van der Waals surface area contributed by atoms with Gasteiger partial charge < -0.3 is 10.1 Å². The fourth-order valence-electron chi connectivity index (χ4n) is 1.93. The van der Waals surface area contributed by atoms with E-state index in [1.165, 1.54) is 0 Å². The number of amides is 1. The molecule has 0 aliphatic heterocycles. The highest BCUT2D eigenvalue weighted by molar-refractivity contribution is 14.1. The number of esters is 1. The van der Waals surface area contributed by atoms with E-state index in [2.05, 4.69) is 27.9 Å². The van der Waals surface area contributed by atoms with Crippen LogP contribution in [0.4, 0.5) is 5.69 Å². The Labute approximate surface area is 156 Å². The zero-order valence-electron chi connectivity index (χ0n) is 13.0. The Kier molecular flexibility index (Phi) is 6.92. The second kappa shape index (κ2) is 8.93. The van der Waals surface area contributed by atoms with Crippen LogP contribution in [0.15, 0.2) is 53.4 Å². The van der Waals surface area contributed by atoms with Crippen LogP contribution in [0.3, 0.4) is 0 Å². The van der Waals surface area contributed by atoms with Crippen molar-refractivity contribution in [3.05, 3.63) is 57.7 Å². The summed E-state index contributed by atoms with van der Waals surface area (Å²) >= 11 is 2.17. The largest absolute Gasteiger partial charge is 0.452 e. The molecule has 1 amide bonds. The van der Waals surface area contributed by atoms with Crippen molar-refractivity contribution in [3.63, 3.8) is 0 Å². The van der Waals surface area contributed by atoms with Gasteiger partial charge in [0.05, 0.1) is 21.3 Å². The molecule has 1 atom stereocenters. The van der Waals surface area contributed by atoms with Gasteiger partial charge >= 0.3 is 5.97 Å². The maximum atomic E-state index is 12.1. The molecule has 0 aliphatic carbocycles. The predicted molar refractivity (Wildman–Crippen MR) is 101 cm³/mol. The molecule has 2 aromatic rings. The summed E-state index contributed by atoms with van der Waals surface area (Å²) in [5.74, 6) is -0.693. The van der Waals surface area contributed by atoms with Crippen molar-refractivity contribution in [1.29, 1.82) is 0 Å². The van der Waals surface area contributed by atoms with Gasteiger partial charge in [-0.1, -0.05) is 19.1 Å². The van der Waals surface area contributed by atoms with Crippen molar-refractivity contribution in [2.75, 3.05) is 17.7 Å². The number of rotatable bonds is 6. The standard InChI is InChI=1S/C17H16INO4S/c1-2-24(22)15-6-4-3-5-14(15)17(21)23-11-16(20)19-13-9-7-12(18)8-10-13/h3-10H,2,11H2,1H3,(H,19,20). The summed E-state index contributed by atoms with van der Waals surface area (Å²) in [4.78, 5) is 24.4. The second-order valence-electron chi connectivity index (χ2n) is 4.76. The van der Waals surface area contributed by atoms with Gasteiger partial charge in [-0.05, 0) is 59.0 Å². The number of carbonyl (C=O) groups is 2. The summed E-state index contributed by atoms with van der Waals surface area (Å²) in [7, 11) is -1.27. The number of hydrogen-bond acceptors (Lipinski definition) is 4. The lowest BCUT2D eigenvalue weighted by atomic mass is 10.2. The van der Waals surface area contributed by atoms with E-state index in [1.807, 2.05) is 12.1 Å². The van der Waals surface area contributed by atoms with E-state index in [9.17, 15) is 13.8 Å². The van der Waals surface area contributed by atoms with Crippen molar-refractivity contribution < 1.29 is 18.5 Å². The van der Waals surface area contributed by atoms with Gasteiger partial charge in [0.25, 0.3) is 5.91 Å². The molecule has 0 saturated heterocycles. The summed E-state index contributed by atoms with van der Waals surface area (Å²) in [6.07, 6.45) is 0. The van der Waals surface area contributed by atoms with Crippen LogP contribution in [0.25, 0.3) is 0 Å². The van der Waals surface area contributed by atoms with E-state index in [-0.39, 0.29) is 5.56 Å². The zero-order chi connectivity index (χ0) is 17.5. The highest BCUT2D eigenvalue weighted by atomic mass is 127. The summed E-state index contributed by atoms with van der Waals surface area (Å²) in [5.41, 5.74) is 0.851. The van der Waals surface area contributed by atoms with E-state index in [0.717, 1.165) is 3.57 Å². The molecule has 24 heavy (non-hydrogen) atoms. The quantitative estimate of drug-likeness (QED) is 0.534. The molecule has 2 aromatic carbocycles. The molecule has 0 aliphatic rings. The number of halogens is 1. The highest BCUT2D eigenvalue weighted by Gasteiger charge is 2.17.